The second-order valence-electron chi connectivity index (χ2n) is 10.0. The first-order chi connectivity index (χ1) is 19.6. The SMILES string of the molecule is Cc1cc(Cl)cc(C(=O)NC(C)C2CC2)c1NC(=O)C1=C(OS(=O)[O-])C=CN(C2=NNCC2c2ncccc2Cl)C1. The van der Waals surface area contributed by atoms with Gasteiger partial charge in [0.2, 0.25) is 0 Å². The van der Waals surface area contributed by atoms with E-state index >= 15 is 0 Å². The van der Waals surface area contributed by atoms with Gasteiger partial charge in [0, 0.05) is 30.0 Å². The van der Waals surface area contributed by atoms with E-state index in [2.05, 4.69) is 26.1 Å². The topological polar surface area (TPSA) is 148 Å². The van der Waals surface area contributed by atoms with E-state index < -0.39 is 17.3 Å². The van der Waals surface area contributed by atoms with Gasteiger partial charge in [0.1, 0.15) is 17.2 Å². The monoisotopic (exact) mass is 617 g/mol. The molecular weight excluding hydrogens is 591 g/mol. The van der Waals surface area contributed by atoms with Gasteiger partial charge in [-0.3, -0.25) is 14.6 Å². The molecule has 1 aromatic heterocycles. The largest absolute Gasteiger partial charge is 0.740 e. The molecule has 3 aliphatic rings. The number of nitrogens with zero attached hydrogens (tertiary/aromatic N) is 3. The third-order valence-electron chi connectivity index (χ3n) is 7.15. The number of anilines is 1. The summed E-state index contributed by atoms with van der Waals surface area (Å²) in [7, 11) is 0. The number of carbonyl (C=O) groups is 2. The molecule has 5 rings (SSSR count). The van der Waals surface area contributed by atoms with Crippen molar-refractivity contribution in [3.63, 3.8) is 0 Å². The summed E-state index contributed by atoms with van der Waals surface area (Å²) in [5, 5.41) is 11.0. The van der Waals surface area contributed by atoms with Crippen molar-refractivity contribution in [2.24, 2.45) is 11.0 Å². The second-order valence-corrected chi connectivity index (χ2v) is 11.4. The molecule has 41 heavy (non-hydrogen) atoms. The second kappa shape index (κ2) is 12.2. The summed E-state index contributed by atoms with van der Waals surface area (Å²) in [6, 6.07) is 6.55. The number of nitrogens with one attached hydrogen (secondary N) is 3. The molecule has 0 radical (unpaired) electrons. The minimum Gasteiger partial charge on any atom is -0.740 e. The Kier molecular flexibility index (Phi) is 8.64. The number of hydrogen-bond acceptors (Lipinski definition) is 9. The number of allylic oxidation sites excluding steroid dienone is 1. The molecule has 14 heteroatoms. The lowest BCUT2D eigenvalue weighted by Crippen LogP contribution is -2.37. The number of carbonyl (C=O) groups excluding carboxylic acids is 2. The highest BCUT2D eigenvalue weighted by Gasteiger charge is 2.34. The molecule has 1 fully saturated rings. The minimum atomic E-state index is -2.93. The van der Waals surface area contributed by atoms with Crippen molar-refractivity contribution in [3.05, 3.63) is 80.9 Å². The van der Waals surface area contributed by atoms with Crippen molar-refractivity contribution in [2.45, 2.75) is 38.6 Å². The van der Waals surface area contributed by atoms with Crippen LogP contribution in [0.4, 0.5) is 5.69 Å². The summed E-state index contributed by atoms with van der Waals surface area (Å²) in [6.07, 6.45) is 6.67. The molecule has 0 spiro atoms. The number of halogens is 2. The molecule has 3 heterocycles. The van der Waals surface area contributed by atoms with Gasteiger partial charge in [-0.1, -0.05) is 23.2 Å². The molecule has 2 aliphatic heterocycles. The molecule has 2 amide bonds. The highest BCUT2D eigenvalue weighted by molar-refractivity contribution is 7.74. The van der Waals surface area contributed by atoms with Crippen LogP contribution < -0.4 is 16.1 Å². The Balaban J connectivity index is 1.42. The van der Waals surface area contributed by atoms with E-state index in [4.69, 9.17) is 27.4 Å². The third-order valence-corrected chi connectivity index (χ3v) is 8.00. The molecule has 3 N–H and O–H groups in total. The number of hydrazone groups is 1. The lowest BCUT2D eigenvalue weighted by Gasteiger charge is -2.29. The Morgan fingerprint density at radius 2 is 2.05 bits per heavy atom. The molecule has 3 atom stereocenters. The number of amides is 2. The van der Waals surface area contributed by atoms with Crippen molar-refractivity contribution in [3.8, 4) is 0 Å². The number of rotatable bonds is 8. The number of aromatic nitrogens is 1. The quantitative estimate of drug-likeness (QED) is 0.379. The van der Waals surface area contributed by atoms with Crippen molar-refractivity contribution in [1.82, 2.24) is 20.6 Å². The molecular formula is C27H27Cl2N6O5S-. The zero-order valence-corrected chi connectivity index (χ0v) is 24.5. The average molecular weight is 619 g/mol. The number of hydrogen-bond donors (Lipinski definition) is 3. The first-order valence-corrected chi connectivity index (χ1v) is 14.7. The zero-order valence-electron chi connectivity index (χ0n) is 22.1. The summed E-state index contributed by atoms with van der Waals surface area (Å²) in [6.45, 7) is 4.01. The smallest absolute Gasteiger partial charge is 0.257 e. The predicted molar refractivity (Wildman–Crippen MR) is 155 cm³/mol. The molecule has 0 saturated heterocycles. The molecule has 1 aromatic carbocycles. The predicted octanol–water partition coefficient (Wildman–Crippen LogP) is 3.76. The molecule has 3 unspecified atom stereocenters. The van der Waals surface area contributed by atoms with E-state index in [1.54, 1.807) is 42.4 Å². The zero-order chi connectivity index (χ0) is 29.3. The van der Waals surface area contributed by atoms with Gasteiger partial charge in [0.25, 0.3) is 11.8 Å². The summed E-state index contributed by atoms with van der Waals surface area (Å²) in [4.78, 5) is 33.0. The summed E-state index contributed by atoms with van der Waals surface area (Å²) in [5.74, 6) is -0.558. The highest BCUT2D eigenvalue weighted by Crippen LogP contribution is 2.34. The fourth-order valence-corrected chi connectivity index (χ4v) is 5.68. The van der Waals surface area contributed by atoms with Crippen molar-refractivity contribution in [2.75, 3.05) is 18.4 Å². The first kappa shape index (κ1) is 29.1. The standard InChI is InChI=1S/C27H28Cl2N6O5S/c1-14-10-17(28)11-18(26(36)32-15(2)16-5-6-16)23(14)33-27(37)20-13-35(9-7-22(20)40-41(38)39)25-19(12-31-34-25)24-21(29)4-3-8-30-24/h3-4,7-11,15-16,19,31H,5-6,12-13H2,1-2H3,(H,32,36)(H,33,37)(H,38,39)/p-1. The van der Waals surface area contributed by atoms with E-state index in [-0.39, 0.29) is 47.0 Å². The van der Waals surface area contributed by atoms with Gasteiger partial charge in [-0.05, 0) is 68.5 Å². The molecule has 1 saturated carbocycles. The van der Waals surface area contributed by atoms with Crippen LogP contribution in [0.2, 0.25) is 10.0 Å². The van der Waals surface area contributed by atoms with E-state index in [1.165, 1.54) is 12.1 Å². The Morgan fingerprint density at radius 3 is 2.76 bits per heavy atom. The van der Waals surface area contributed by atoms with Gasteiger partial charge in [0.05, 0.1) is 40.0 Å². The fraction of sp³-hybridized carbons (Fsp3) is 0.333. The van der Waals surface area contributed by atoms with Crippen LogP contribution in [-0.4, -0.2) is 55.4 Å². The minimum absolute atomic E-state index is 0.00391. The van der Waals surface area contributed by atoms with Crippen LogP contribution in [0.1, 0.15) is 47.3 Å². The fourth-order valence-electron chi connectivity index (χ4n) is 4.85. The van der Waals surface area contributed by atoms with E-state index in [1.807, 2.05) is 6.92 Å². The van der Waals surface area contributed by atoms with Gasteiger partial charge in [0.15, 0.2) is 5.76 Å². The van der Waals surface area contributed by atoms with Crippen LogP contribution >= 0.6 is 23.2 Å². The van der Waals surface area contributed by atoms with Gasteiger partial charge in [-0.25, -0.2) is 4.21 Å². The maximum atomic E-state index is 13.7. The lowest BCUT2D eigenvalue weighted by atomic mass is 10.0. The number of aryl methyl sites for hydroxylation is 1. The normalized spacial score (nSPS) is 19.8. The number of benzene rings is 1. The summed E-state index contributed by atoms with van der Waals surface area (Å²) < 4.78 is 27.8. The average Bonchev–Trinajstić information content (AvgIpc) is 3.67. The number of amidine groups is 1. The Hall–Kier alpha value is -3.45. The van der Waals surface area contributed by atoms with E-state index in [0.29, 0.717) is 39.6 Å². The summed E-state index contributed by atoms with van der Waals surface area (Å²) in [5.41, 5.74) is 4.57. The first-order valence-electron chi connectivity index (χ1n) is 12.9. The van der Waals surface area contributed by atoms with Crippen LogP contribution in [0.25, 0.3) is 0 Å². The lowest BCUT2D eigenvalue weighted by molar-refractivity contribution is -0.113. The van der Waals surface area contributed by atoms with Gasteiger partial charge < -0.3 is 29.7 Å². The molecule has 0 bridgehead atoms. The summed E-state index contributed by atoms with van der Waals surface area (Å²) >= 11 is 9.73. The van der Waals surface area contributed by atoms with Crippen LogP contribution in [-0.2, 0) is 20.3 Å². The van der Waals surface area contributed by atoms with Gasteiger partial charge >= 0.3 is 0 Å². The highest BCUT2D eigenvalue weighted by atomic mass is 35.5. The van der Waals surface area contributed by atoms with Crippen LogP contribution in [0, 0.1) is 12.8 Å². The Morgan fingerprint density at radius 1 is 1.27 bits per heavy atom. The molecule has 2 aromatic rings. The van der Waals surface area contributed by atoms with Gasteiger partial charge in [-0.2, -0.15) is 5.10 Å². The van der Waals surface area contributed by atoms with Crippen LogP contribution in [0.15, 0.2) is 59.2 Å². The maximum Gasteiger partial charge on any atom is 0.257 e. The molecule has 216 valence electrons. The molecule has 11 nitrogen and oxygen atoms in total. The molecule has 1 aliphatic carbocycles. The Labute approximate surface area is 249 Å². The Bertz CT molecular complexity index is 1510. The van der Waals surface area contributed by atoms with E-state index in [9.17, 15) is 18.4 Å². The van der Waals surface area contributed by atoms with Crippen molar-refractivity contribution < 1.29 is 22.5 Å². The third kappa shape index (κ3) is 6.56. The van der Waals surface area contributed by atoms with E-state index in [0.717, 1.165) is 12.8 Å². The van der Waals surface area contributed by atoms with Crippen molar-refractivity contribution >= 4 is 57.9 Å². The van der Waals surface area contributed by atoms with Gasteiger partial charge in [-0.15, -0.1) is 0 Å². The van der Waals surface area contributed by atoms with Crippen LogP contribution in [0.5, 0.6) is 0 Å². The maximum absolute atomic E-state index is 13.7. The van der Waals surface area contributed by atoms with Crippen molar-refractivity contribution in [1.29, 1.82) is 0 Å². The number of pyridine rings is 1. The van der Waals surface area contributed by atoms with Crippen LogP contribution in [0.3, 0.4) is 0 Å².